The molecule has 0 unspecified atom stereocenters. The number of nitrogens with zero attached hydrogens (tertiary/aromatic N) is 1. The lowest BCUT2D eigenvalue weighted by molar-refractivity contribution is 0.0155. The Morgan fingerprint density at radius 1 is 1.19 bits per heavy atom. The highest BCUT2D eigenvalue weighted by Crippen LogP contribution is 2.29. The Morgan fingerprint density at radius 2 is 1.90 bits per heavy atom. The van der Waals surface area contributed by atoms with Crippen LogP contribution in [0.15, 0.2) is 18.2 Å². The van der Waals surface area contributed by atoms with Gasteiger partial charge in [0.2, 0.25) is 0 Å². The van der Waals surface area contributed by atoms with Crippen molar-refractivity contribution in [2.24, 2.45) is 0 Å². The maximum Gasteiger partial charge on any atom is 0.119 e. The van der Waals surface area contributed by atoms with Gasteiger partial charge in [-0.05, 0) is 63.4 Å². The molecule has 1 aliphatic rings. The predicted octanol–water partition coefficient (Wildman–Crippen LogP) is 3.31. The van der Waals surface area contributed by atoms with Crippen molar-refractivity contribution in [3.8, 4) is 5.75 Å². The van der Waals surface area contributed by atoms with E-state index in [0.717, 1.165) is 44.7 Å². The molecule has 0 radical (unpaired) electrons. The van der Waals surface area contributed by atoms with Gasteiger partial charge in [-0.1, -0.05) is 18.9 Å². The first-order valence-corrected chi connectivity index (χ1v) is 8.09. The fourth-order valence-electron chi connectivity index (χ4n) is 3.10. The zero-order valence-electron chi connectivity index (χ0n) is 13.7. The lowest BCUT2D eigenvalue weighted by atomic mass is 10.0. The van der Waals surface area contributed by atoms with E-state index in [0.29, 0.717) is 0 Å². The molecule has 1 aromatic rings. The monoisotopic (exact) mass is 291 g/mol. The number of aliphatic hydroxyl groups is 1. The summed E-state index contributed by atoms with van der Waals surface area (Å²) in [5.74, 6) is 0.954. The molecular formula is C18H29NO2. The molecule has 3 nitrogen and oxygen atoms in total. The second kappa shape index (κ2) is 7.28. The number of aryl methyl sites for hydroxylation is 2. The lowest BCUT2D eigenvalue weighted by Crippen LogP contribution is -2.39. The van der Waals surface area contributed by atoms with Crippen molar-refractivity contribution in [3.05, 3.63) is 29.3 Å². The van der Waals surface area contributed by atoms with Crippen molar-refractivity contribution in [2.75, 3.05) is 26.7 Å². The molecule has 0 atom stereocenters. The summed E-state index contributed by atoms with van der Waals surface area (Å²) in [4.78, 5) is 2.23. The molecular weight excluding hydrogens is 262 g/mol. The standard InChI is InChI=1S/C18H29NO2/c1-15-7-8-17(13-16(15)2)21-12-6-11-19(3)14-18(20)9-4-5-10-18/h7-8,13,20H,4-6,9-12,14H2,1-3H3. The van der Waals surface area contributed by atoms with Gasteiger partial charge in [-0.25, -0.2) is 0 Å². The quantitative estimate of drug-likeness (QED) is 0.782. The normalized spacial score (nSPS) is 17.4. The molecule has 0 aromatic heterocycles. The zero-order valence-corrected chi connectivity index (χ0v) is 13.7. The molecule has 1 fully saturated rings. The van der Waals surface area contributed by atoms with Gasteiger partial charge in [-0.15, -0.1) is 0 Å². The van der Waals surface area contributed by atoms with E-state index in [2.05, 4.69) is 37.9 Å². The molecule has 1 aliphatic carbocycles. The van der Waals surface area contributed by atoms with Gasteiger partial charge in [0.1, 0.15) is 5.75 Å². The van der Waals surface area contributed by atoms with Crippen LogP contribution in [-0.2, 0) is 0 Å². The Morgan fingerprint density at radius 3 is 2.57 bits per heavy atom. The maximum absolute atomic E-state index is 10.4. The number of ether oxygens (including phenoxy) is 1. The van der Waals surface area contributed by atoms with Crippen LogP contribution in [0.1, 0.15) is 43.2 Å². The zero-order chi connectivity index (χ0) is 15.3. The molecule has 1 aromatic carbocycles. The Labute approximate surface area is 128 Å². The average Bonchev–Trinajstić information content (AvgIpc) is 2.85. The van der Waals surface area contributed by atoms with E-state index in [1.54, 1.807) is 0 Å². The second-order valence-electron chi connectivity index (χ2n) is 6.62. The Kier molecular flexibility index (Phi) is 5.65. The van der Waals surface area contributed by atoms with E-state index in [1.165, 1.54) is 24.0 Å². The molecule has 0 aliphatic heterocycles. The van der Waals surface area contributed by atoms with Gasteiger partial charge < -0.3 is 14.7 Å². The Bertz CT molecular complexity index is 453. The first-order chi connectivity index (χ1) is 9.98. The summed E-state index contributed by atoms with van der Waals surface area (Å²) in [6.07, 6.45) is 5.23. The second-order valence-corrected chi connectivity index (χ2v) is 6.62. The van der Waals surface area contributed by atoms with Crippen molar-refractivity contribution < 1.29 is 9.84 Å². The topological polar surface area (TPSA) is 32.7 Å². The van der Waals surface area contributed by atoms with Crippen LogP contribution in [-0.4, -0.2) is 42.4 Å². The minimum absolute atomic E-state index is 0.441. The highest BCUT2D eigenvalue weighted by molar-refractivity contribution is 5.33. The van der Waals surface area contributed by atoms with E-state index in [1.807, 2.05) is 6.07 Å². The minimum atomic E-state index is -0.441. The number of rotatable bonds is 7. The molecule has 118 valence electrons. The summed E-state index contributed by atoms with van der Waals surface area (Å²) < 4.78 is 5.80. The van der Waals surface area contributed by atoms with Gasteiger partial charge in [0.05, 0.1) is 12.2 Å². The molecule has 1 N–H and O–H groups in total. The Hall–Kier alpha value is -1.06. The van der Waals surface area contributed by atoms with Crippen LogP contribution < -0.4 is 4.74 Å². The number of hydrogen-bond donors (Lipinski definition) is 1. The van der Waals surface area contributed by atoms with E-state index in [-0.39, 0.29) is 0 Å². The van der Waals surface area contributed by atoms with Crippen molar-refractivity contribution in [1.29, 1.82) is 0 Å². The first-order valence-electron chi connectivity index (χ1n) is 8.09. The van der Waals surface area contributed by atoms with Crippen LogP contribution in [0.25, 0.3) is 0 Å². The summed E-state index contributed by atoms with van der Waals surface area (Å²) in [6.45, 7) is 6.70. The summed E-state index contributed by atoms with van der Waals surface area (Å²) >= 11 is 0. The van der Waals surface area contributed by atoms with E-state index < -0.39 is 5.60 Å². The predicted molar refractivity (Wildman–Crippen MR) is 86.9 cm³/mol. The van der Waals surface area contributed by atoms with Gasteiger partial charge in [0.25, 0.3) is 0 Å². The van der Waals surface area contributed by atoms with Crippen LogP contribution in [0.4, 0.5) is 0 Å². The fourth-order valence-corrected chi connectivity index (χ4v) is 3.10. The molecule has 0 heterocycles. The highest BCUT2D eigenvalue weighted by Gasteiger charge is 2.31. The van der Waals surface area contributed by atoms with Crippen molar-refractivity contribution in [1.82, 2.24) is 4.90 Å². The fraction of sp³-hybridized carbons (Fsp3) is 0.667. The van der Waals surface area contributed by atoms with Crippen molar-refractivity contribution >= 4 is 0 Å². The van der Waals surface area contributed by atoms with Gasteiger partial charge in [-0.2, -0.15) is 0 Å². The smallest absolute Gasteiger partial charge is 0.119 e. The summed E-state index contributed by atoms with van der Waals surface area (Å²) in [5.41, 5.74) is 2.13. The van der Waals surface area contributed by atoms with Crippen molar-refractivity contribution in [2.45, 2.75) is 51.6 Å². The van der Waals surface area contributed by atoms with Crippen LogP contribution in [0.2, 0.25) is 0 Å². The summed E-state index contributed by atoms with van der Waals surface area (Å²) in [5, 5.41) is 10.4. The minimum Gasteiger partial charge on any atom is -0.494 e. The SMILES string of the molecule is Cc1ccc(OCCCN(C)CC2(O)CCCC2)cc1C. The molecule has 0 amide bonds. The van der Waals surface area contributed by atoms with Gasteiger partial charge >= 0.3 is 0 Å². The van der Waals surface area contributed by atoms with E-state index >= 15 is 0 Å². The highest BCUT2D eigenvalue weighted by atomic mass is 16.5. The summed E-state index contributed by atoms with van der Waals surface area (Å²) in [7, 11) is 2.09. The first kappa shape index (κ1) is 16.3. The summed E-state index contributed by atoms with van der Waals surface area (Å²) in [6, 6.07) is 6.24. The molecule has 21 heavy (non-hydrogen) atoms. The van der Waals surface area contributed by atoms with Crippen LogP contribution >= 0.6 is 0 Å². The molecule has 0 spiro atoms. The van der Waals surface area contributed by atoms with Gasteiger partial charge in [0.15, 0.2) is 0 Å². The third kappa shape index (κ3) is 5.01. The molecule has 1 saturated carbocycles. The lowest BCUT2D eigenvalue weighted by Gasteiger charge is -2.28. The molecule has 2 rings (SSSR count). The number of likely N-dealkylation sites (N-methyl/N-ethyl adjacent to an activating group) is 1. The third-order valence-corrected chi connectivity index (χ3v) is 4.53. The number of benzene rings is 1. The van der Waals surface area contributed by atoms with E-state index in [4.69, 9.17) is 4.74 Å². The van der Waals surface area contributed by atoms with Crippen LogP contribution in [0, 0.1) is 13.8 Å². The molecule has 0 bridgehead atoms. The average molecular weight is 291 g/mol. The largest absolute Gasteiger partial charge is 0.494 e. The van der Waals surface area contributed by atoms with Crippen LogP contribution in [0.5, 0.6) is 5.75 Å². The van der Waals surface area contributed by atoms with Crippen molar-refractivity contribution in [3.63, 3.8) is 0 Å². The number of hydrogen-bond acceptors (Lipinski definition) is 3. The van der Waals surface area contributed by atoms with E-state index in [9.17, 15) is 5.11 Å². The molecule has 3 heteroatoms. The van der Waals surface area contributed by atoms with Crippen LogP contribution in [0.3, 0.4) is 0 Å². The van der Waals surface area contributed by atoms with Gasteiger partial charge in [-0.3, -0.25) is 0 Å². The Balaban J connectivity index is 1.65. The molecule has 0 saturated heterocycles. The maximum atomic E-state index is 10.4. The third-order valence-electron chi connectivity index (χ3n) is 4.53. The van der Waals surface area contributed by atoms with Gasteiger partial charge in [0, 0.05) is 13.1 Å².